The van der Waals surface area contributed by atoms with Crippen molar-refractivity contribution in [3.63, 3.8) is 0 Å². The Labute approximate surface area is 137 Å². The average Bonchev–Trinajstić information content (AvgIpc) is 3.28. The van der Waals surface area contributed by atoms with E-state index >= 15 is 0 Å². The van der Waals surface area contributed by atoms with Crippen LogP contribution in [-0.4, -0.2) is 24.5 Å². The van der Waals surface area contributed by atoms with Gasteiger partial charge in [-0.1, -0.05) is 12.1 Å². The zero-order chi connectivity index (χ0) is 15.5. The fourth-order valence-corrected chi connectivity index (χ4v) is 3.03. The number of nitrogens with zero attached hydrogens (tertiary/aromatic N) is 5. The lowest BCUT2D eigenvalue weighted by Crippen LogP contribution is -2.02. The van der Waals surface area contributed by atoms with Crippen LogP contribution in [0, 0.1) is 0 Å². The molecule has 0 bridgehead atoms. The number of hydrogen-bond donors (Lipinski definition) is 0. The number of pyridine rings is 1. The smallest absolute Gasteiger partial charge is 0.169 e. The van der Waals surface area contributed by atoms with Gasteiger partial charge in [-0.05, 0) is 23.1 Å². The molecule has 0 unspecified atom stereocenters. The summed E-state index contributed by atoms with van der Waals surface area (Å²) in [6.45, 7) is 0.718. The lowest BCUT2D eigenvalue weighted by Gasteiger charge is -2.07. The fraction of sp³-hybridized carbons (Fsp3) is 0.0588. The van der Waals surface area contributed by atoms with Crippen molar-refractivity contribution in [1.29, 1.82) is 0 Å². The van der Waals surface area contributed by atoms with E-state index in [9.17, 15) is 0 Å². The highest BCUT2D eigenvalue weighted by Crippen LogP contribution is 2.23. The third-order valence-electron chi connectivity index (χ3n) is 3.44. The lowest BCUT2D eigenvalue weighted by molar-refractivity contribution is 0.801. The third-order valence-corrected chi connectivity index (χ3v) is 4.31. The van der Waals surface area contributed by atoms with Gasteiger partial charge in [0.25, 0.3) is 0 Å². The van der Waals surface area contributed by atoms with Crippen LogP contribution in [0.15, 0.2) is 66.8 Å². The third kappa shape index (κ3) is 2.89. The maximum atomic E-state index is 4.46. The molecule has 0 saturated heterocycles. The Balaban J connectivity index is 1.63. The Morgan fingerprint density at radius 1 is 0.957 bits per heavy atom. The first-order valence-corrected chi connectivity index (χ1v) is 8.04. The van der Waals surface area contributed by atoms with E-state index in [1.165, 1.54) is 0 Å². The Morgan fingerprint density at radius 2 is 1.87 bits per heavy atom. The molecule has 0 aliphatic rings. The molecule has 0 aliphatic heterocycles. The number of rotatable bonds is 4. The first kappa shape index (κ1) is 13.8. The van der Waals surface area contributed by atoms with Gasteiger partial charge in [0.05, 0.1) is 17.0 Å². The molecule has 0 N–H and O–H groups in total. The Bertz CT molecular complexity index is 882. The van der Waals surface area contributed by atoms with Gasteiger partial charge in [-0.3, -0.25) is 4.98 Å². The van der Waals surface area contributed by atoms with Gasteiger partial charge in [-0.25, -0.2) is 15.0 Å². The van der Waals surface area contributed by atoms with E-state index in [2.05, 4.69) is 24.5 Å². The second-order valence-corrected chi connectivity index (χ2v) is 5.96. The van der Waals surface area contributed by atoms with Crippen molar-refractivity contribution >= 4 is 11.3 Å². The summed E-state index contributed by atoms with van der Waals surface area (Å²) in [4.78, 5) is 18.6. The van der Waals surface area contributed by atoms with E-state index in [-0.39, 0.29) is 0 Å². The molecule has 0 aromatic carbocycles. The molecule has 6 heteroatoms. The van der Waals surface area contributed by atoms with E-state index in [4.69, 9.17) is 0 Å². The van der Waals surface area contributed by atoms with Crippen LogP contribution in [0.25, 0.3) is 22.1 Å². The van der Waals surface area contributed by atoms with Gasteiger partial charge in [0.1, 0.15) is 5.82 Å². The highest BCUT2D eigenvalue weighted by molar-refractivity contribution is 7.13. The molecule has 4 heterocycles. The van der Waals surface area contributed by atoms with Gasteiger partial charge < -0.3 is 4.57 Å². The molecule has 0 fully saturated rings. The molecule has 23 heavy (non-hydrogen) atoms. The van der Waals surface area contributed by atoms with Crippen LogP contribution in [0.1, 0.15) is 5.56 Å². The molecular formula is C17H13N5S. The molecule has 4 aromatic rings. The van der Waals surface area contributed by atoms with Crippen molar-refractivity contribution in [3.05, 3.63) is 72.4 Å². The molecule has 112 valence electrons. The summed E-state index contributed by atoms with van der Waals surface area (Å²) >= 11 is 1.63. The van der Waals surface area contributed by atoms with Crippen molar-refractivity contribution < 1.29 is 0 Å². The molecule has 5 nitrogen and oxygen atoms in total. The summed E-state index contributed by atoms with van der Waals surface area (Å²) in [6.07, 6.45) is 11.0. The SMILES string of the molecule is c1cncc(Cn2ccnc2-c2cnc(-c3cccs3)nc2)c1. The molecule has 0 atom stereocenters. The van der Waals surface area contributed by atoms with Crippen LogP contribution in [0.3, 0.4) is 0 Å². The van der Waals surface area contributed by atoms with Gasteiger partial charge >= 0.3 is 0 Å². The average molecular weight is 319 g/mol. The van der Waals surface area contributed by atoms with Gasteiger partial charge in [0.2, 0.25) is 0 Å². The van der Waals surface area contributed by atoms with E-state index < -0.39 is 0 Å². The Morgan fingerprint density at radius 3 is 2.61 bits per heavy atom. The summed E-state index contributed by atoms with van der Waals surface area (Å²) in [5.74, 6) is 1.60. The van der Waals surface area contributed by atoms with Gasteiger partial charge in [0.15, 0.2) is 5.82 Å². The highest BCUT2D eigenvalue weighted by Gasteiger charge is 2.09. The quantitative estimate of drug-likeness (QED) is 0.577. The van der Waals surface area contributed by atoms with Crippen LogP contribution < -0.4 is 0 Å². The van der Waals surface area contributed by atoms with Crippen molar-refractivity contribution in [3.8, 4) is 22.1 Å². The monoisotopic (exact) mass is 319 g/mol. The Kier molecular flexibility index (Phi) is 3.65. The summed E-state index contributed by atoms with van der Waals surface area (Å²) in [6, 6.07) is 8.00. The molecule has 0 amide bonds. The zero-order valence-electron chi connectivity index (χ0n) is 12.2. The largest absolute Gasteiger partial charge is 0.326 e. The number of aromatic nitrogens is 5. The lowest BCUT2D eigenvalue weighted by atomic mass is 10.2. The standard InChI is InChI=1S/C17H13N5S/c1-3-13(9-18-5-1)12-22-7-6-19-17(22)14-10-20-16(21-11-14)15-4-2-8-23-15/h1-11H,12H2. The van der Waals surface area contributed by atoms with Crippen molar-refractivity contribution in [2.75, 3.05) is 0 Å². The van der Waals surface area contributed by atoms with Crippen LogP contribution in [0.4, 0.5) is 0 Å². The minimum atomic E-state index is 0.718. The second-order valence-electron chi connectivity index (χ2n) is 5.01. The number of thiophene rings is 1. The van der Waals surface area contributed by atoms with Crippen LogP contribution in [0.5, 0.6) is 0 Å². The summed E-state index contributed by atoms with van der Waals surface area (Å²) < 4.78 is 2.07. The normalized spacial score (nSPS) is 10.8. The molecule has 0 spiro atoms. The summed E-state index contributed by atoms with van der Waals surface area (Å²) in [7, 11) is 0. The predicted molar refractivity (Wildman–Crippen MR) is 89.9 cm³/mol. The summed E-state index contributed by atoms with van der Waals surface area (Å²) in [5.41, 5.74) is 2.03. The topological polar surface area (TPSA) is 56.5 Å². The van der Waals surface area contributed by atoms with Crippen molar-refractivity contribution in [2.45, 2.75) is 6.54 Å². The number of imidazole rings is 1. The van der Waals surface area contributed by atoms with E-state index in [1.807, 2.05) is 54.4 Å². The first-order chi connectivity index (χ1) is 11.4. The van der Waals surface area contributed by atoms with Crippen molar-refractivity contribution in [1.82, 2.24) is 24.5 Å². The van der Waals surface area contributed by atoms with Crippen LogP contribution >= 0.6 is 11.3 Å². The number of hydrogen-bond acceptors (Lipinski definition) is 5. The maximum Gasteiger partial charge on any atom is 0.169 e. The van der Waals surface area contributed by atoms with Crippen LogP contribution in [0.2, 0.25) is 0 Å². The minimum absolute atomic E-state index is 0.718. The molecule has 0 saturated carbocycles. The predicted octanol–water partition coefficient (Wildman–Crippen LogP) is 3.51. The molecule has 4 aromatic heterocycles. The molecule has 0 radical (unpaired) electrons. The van der Waals surface area contributed by atoms with E-state index in [1.54, 1.807) is 23.7 Å². The minimum Gasteiger partial charge on any atom is -0.326 e. The van der Waals surface area contributed by atoms with Gasteiger partial charge in [0, 0.05) is 37.2 Å². The van der Waals surface area contributed by atoms with Crippen molar-refractivity contribution in [2.24, 2.45) is 0 Å². The maximum absolute atomic E-state index is 4.46. The van der Waals surface area contributed by atoms with E-state index in [0.29, 0.717) is 0 Å². The highest BCUT2D eigenvalue weighted by atomic mass is 32.1. The second kappa shape index (κ2) is 6.10. The first-order valence-electron chi connectivity index (χ1n) is 7.16. The molecular weight excluding hydrogens is 306 g/mol. The zero-order valence-corrected chi connectivity index (χ0v) is 13.0. The molecule has 4 rings (SSSR count). The van der Waals surface area contributed by atoms with Gasteiger partial charge in [-0.2, -0.15) is 0 Å². The Hall–Kier alpha value is -2.86. The van der Waals surface area contributed by atoms with E-state index in [0.717, 1.165) is 34.2 Å². The van der Waals surface area contributed by atoms with Gasteiger partial charge in [-0.15, -0.1) is 11.3 Å². The van der Waals surface area contributed by atoms with Crippen LogP contribution in [-0.2, 0) is 6.54 Å². The molecule has 0 aliphatic carbocycles. The summed E-state index contributed by atoms with van der Waals surface area (Å²) in [5, 5.41) is 2.02. The fourth-order valence-electron chi connectivity index (χ4n) is 2.36.